The van der Waals surface area contributed by atoms with Crippen molar-refractivity contribution in [3.05, 3.63) is 29.8 Å². The van der Waals surface area contributed by atoms with Gasteiger partial charge in [0.15, 0.2) is 12.2 Å². The molecule has 0 bridgehead atoms. The number of aliphatic hydroxyl groups is 2. The van der Waals surface area contributed by atoms with Crippen LogP contribution in [0.3, 0.4) is 0 Å². The maximum absolute atomic E-state index is 11.8. The number of carboxylic acid groups (broad SMARTS) is 2. The first-order valence-electron chi connectivity index (χ1n) is 11.0. The Balaban J connectivity index is 0.000000916. The second-order valence-corrected chi connectivity index (χ2v) is 5.57. The van der Waals surface area contributed by atoms with Gasteiger partial charge in [-0.3, -0.25) is 0 Å². The molecule has 0 radical (unpaired) electrons. The molecule has 1 aromatic rings. The van der Waals surface area contributed by atoms with Gasteiger partial charge in [0.05, 0.1) is 0 Å². The molecule has 0 aliphatic rings. The van der Waals surface area contributed by atoms with Crippen molar-refractivity contribution in [3.8, 4) is 5.75 Å². The molecule has 0 saturated carbocycles. The molecule has 0 unspecified atom stereocenters. The van der Waals surface area contributed by atoms with E-state index in [4.69, 9.17) is 33.4 Å². The molecule has 0 aliphatic heterocycles. The molecule has 10 nitrogen and oxygen atoms in total. The molecule has 0 spiro atoms. The molecule has 0 heterocycles. The third-order valence-electron chi connectivity index (χ3n) is 3.52. The number of aliphatic hydroxyl groups excluding tert-OH is 2. The lowest BCUT2D eigenvalue weighted by Gasteiger charge is -2.21. The first-order chi connectivity index (χ1) is 15.3. The SMILES string of the molecule is O=C(O)[C@H](O)[C@@H](O)C(=O)O.[2H]C([2H])([2H])N([C@@H](C)c1cccc(OC(=O)N(C)CC)c1)C([2H])([2H])[2H]. The lowest BCUT2D eigenvalue weighted by Crippen LogP contribution is -2.39. The maximum Gasteiger partial charge on any atom is 0.414 e. The highest BCUT2D eigenvalue weighted by atomic mass is 16.6. The predicted octanol–water partition coefficient (Wildman–Crippen LogP) is 0.637. The first kappa shape index (κ1) is 16.3. The van der Waals surface area contributed by atoms with Gasteiger partial charge in [0.2, 0.25) is 0 Å². The first-order valence-corrected chi connectivity index (χ1v) is 7.98. The van der Waals surface area contributed by atoms with Gasteiger partial charge in [0.25, 0.3) is 0 Å². The van der Waals surface area contributed by atoms with Crippen molar-refractivity contribution in [1.82, 2.24) is 9.80 Å². The summed E-state index contributed by atoms with van der Waals surface area (Å²) in [5.41, 5.74) is 0.423. The van der Waals surface area contributed by atoms with E-state index in [9.17, 15) is 14.4 Å². The number of amides is 1. The van der Waals surface area contributed by atoms with Gasteiger partial charge in [-0.25, -0.2) is 14.4 Å². The number of hydrogen-bond donors (Lipinski definition) is 4. The lowest BCUT2D eigenvalue weighted by molar-refractivity contribution is -0.165. The van der Waals surface area contributed by atoms with E-state index in [1.54, 1.807) is 32.2 Å². The second-order valence-electron chi connectivity index (χ2n) is 5.57. The number of rotatable bonds is 7. The van der Waals surface area contributed by atoms with Crippen LogP contribution >= 0.6 is 0 Å². The third-order valence-corrected chi connectivity index (χ3v) is 3.52. The van der Waals surface area contributed by atoms with Gasteiger partial charge in [-0.05, 0) is 45.5 Å². The quantitative estimate of drug-likeness (QED) is 0.512. The number of aliphatic carboxylic acids is 2. The number of nitrogens with zero attached hydrogens (tertiary/aromatic N) is 2. The van der Waals surface area contributed by atoms with Gasteiger partial charge in [-0.2, -0.15) is 0 Å². The van der Waals surface area contributed by atoms with Crippen LogP contribution in [0.2, 0.25) is 0 Å². The van der Waals surface area contributed by atoms with Crippen LogP contribution in [0.25, 0.3) is 0 Å². The van der Waals surface area contributed by atoms with E-state index in [-0.39, 0.29) is 5.75 Å². The van der Waals surface area contributed by atoms with Crippen LogP contribution in [-0.2, 0) is 9.59 Å². The fraction of sp³-hybridized carbons (Fsp3) is 0.500. The lowest BCUT2D eigenvalue weighted by atomic mass is 10.1. The number of ether oxygens (including phenoxy) is 1. The Labute approximate surface area is 172 Å². The minimum Gasteiger partial charge on any atom is -0.479 e. The topological polar surface area (TPSA) is 148 Å². The van der Waals surface area contributed by atoms with E-state index in [1.807, 2.05) is 0 Å². The smallest absolute Gasteiger partial charge is 0.414 e. The Morgan fingerprint density at radius 3 is 2.11 bits per heavy atom. The molecule has 4 N–H and O–H groups in total. The summed E-state index contributed by atoms with van der Waals surface area (Å²) in [4.78, 5) is 33.2. The molecule has 1 amide bonds. The van der Waals surface area contributed by atoms with E-state index in [0.29, 0.717) is 17.0 Å². The Bertz CT molecular complexity index is 816. The maximum atomic E-state index is 11.8. The number of carbonyl (C=O) groups excluding carboxylic acids is 1. The van der Waals surface area contributed by atoms with Gasteiger partial charge >= 0.3 is 18.0 Å². The van der Waals surface area contributed by atoms with Crippen LogP contribution in [0.15, 0.2) is 24.3 Å². The van der Waals surface area contributed by atoms with Crippen LogP contribution < -0.4 is 4.74 Å². The number of benzene rings is 1. The van der Waals surface area contributed by atoms with Crippen molar-refractivity contribution in [3.63, 3.8) is 0 Å². The summed E-state index contributed by atoms with van der Waals surface area (Å²) in [7, 11) is 1.58. The monoisotopic (exact) mass is 406 g/mol. The van der Waals surface area contributed by atoms with E-state index in [2.05, 4.69) is 0 Å². The minimum absolute atomic E-state index is 0.223. The van der Waals surface area contributed by atoms with Gasteiger partial charge in [0, 0.05) is 27.9 Å². The highest BCUT2D eigenvalue weighted by Crippen LogP contribution is 2.22. The molecule has 0 aliphatic carbocycles. The largest absolute Gasteiger partial charge is 0.479 e. The van der Waals surface area contributed by atoms with E-state index < -0.39 is 50.2 Å². The van der Waals surface area contributed by atoms with Crippen LogP contribution in [0.1, 0.15) is 33.7 Å². The summed E-state index contributed by atoms with van der Waals surface area (Å²) < 4.78 is 50.1. The number of carboxylic acids is 2. The molecule has 0 saturated heterocycles. The molecule has 10 heteroatoms. The molecule has 0 aromatic heterocycles. The average Bonchev–Trinajstić information content (AvgIpc) is 2.70. The zero-order valence-corrected chi connectivity index (χ0v) is 15.6. The molecular formula is C18H28N2O8. The van der Waals surface area contributed by atoms with E-state index in [0.717, 1.165) is 0 Å². The van der Waals surface area contributed by atoms with Crippen molar-refractivity contribution < 1.29 is 47.8 Å². The van der Waals surface area contributed by atoms with Crippen molar-refractivity contribution in [2.45, 2.75) is 32.1 Å². The minimum atomic E-state index is -2.79. The standard InChI is InChI=1S/C14H22N2O2.C4H6O6/c1-6-16(5)14(17)18-13-9-7-8-12(10-13)11(2)15(3)4;5-1(3(7)8)2(6)4(9)10/h7-11H,6H2,1-5H3;1-2,5-6H,(H,7,8)(H,9,10)/t11-;1-,2-/m01/s1/i3D3,4D3;. The fourth-order valence-corrected chi connectivity index (χ4v) is 1.56. The summed E-state index contributed by atoms with van der Waals surface area (Å²) in [5.74, 6) is -3.31. The van der Waals surface area contributed by atoms with Crippen LogP contribution in [0.4, 0.5) is 4.79 Å². The predicted molar refractivity (Wildman–Crippen MR) is 100 cm³/mol. The second kappa shape index (κ2) is 11.9. The Morgan fingerprint density at radius 2 is 1.68 bits per heavy atom. The molecular weight excluding hydrogens is 372 g/mol. The van der Waals surface area contributed by atoms with Gasteiger partial charge in [-0.1, -0.05) is 12.1 Å². The normalized spacial score (nSPS) is 17.6. The molecule has 0 fully saturated rings. The van der Waals surface area contributed by atoms with Crippen LogP contribution in [-0.4, -0.2) is 88.0 Å². The van der Waals surface area contributed by atoms with E-state index in [1.165, 1.54) is 17.9 Å². The third kappa shape index (κ3) is 8.33. The zero-order valence-electron chi connectivity index (χ0n) is 21.6. The highest BCUT2D eigenvalue weighted by molar-refractivity contribution is 5.83. The number of carbonyl (C=O) groups is 3. The van der Waals surface area contributed by atoms with E-state index >= 15 is 0 Å². The Hall–Kier alpha value is -2.69. The van der Waals surface area contributed by atoms with Crippen molar-refractivity contribution in [2.24, 2.45) is 0 Å². The van der Waals surface area contributed by atoms with Crippen LogP contribution in [0, 0.1) is 0 Å². The summed E-state index contributed by atoms with van der Waals surface area (Å²) in [6.07, 6.45) is -5.08. The van der Waals surface area contributed by atoms with Crippen LogP contribution in [0.5, 0.6) is 5.75 Å². The molecule has 158 valence electrons. The highest BCUT2D eigenvalue weighted by Gasteiger charge is 2.29. The molecule has 1 aromatic carbocycles. The van der Waals surface area contributed by atoms with Gasteiger partial charge in [-0.15, -0.1) is 0 Å². The van der Waals surface area contributed by atoms with Crippen molar-refractivity contribution in [2.75, 3.05) is 27.5 Å². The summed E-state index contributed by atoms with van der Waals surface area (Å²) in [5, 5.41) is 32.5. The van der Waals surface area contributed by atoms with Crippen molar-refractivity contribution in [1.29, 1.82) is 0 Å². The van der Waals surface area contributed by atoms with Gasteiger partial charge in [0.1, 0.15) is 5.75 Å². The van der Waals surface area contributed by atoms with Gasteiger partial charge < -0.3 is 35.0 Å². The summed E-state index contributed by atoms with van der Waals surface area (Å²) in [6, 6.07) is 5.27. The van der Waals surface area contributed by atoms with Crippen molar-refractivity contribution >= 4 is 18.0 Å². The average molecular weight is 406 g/mol. The zero-order chi connectivity index (χ0) is 27.0. The Kier molecular flexibility index (Phi) is 6.92. The Morgan fingerprint density at radius 1 is 1.14 bits per heavy atom. The molecule has 3 atom stereocenters. The number of hydrogen-bond acceptors (Lipinski definition) is 7. The summed E-state index contributed by atoms with van der Waals surface area (Å²) >= 11 is 0. The fourth-order valence-electron chi connectivity index (χ4n) is 1.56. The molecule has 28 heavy (non-hydrogen) atoms. The molecule has 1 rings (SSSR count). The summed E-state index contributed by atoms with van der Waals surface area (Å²) in [6.45, 7) is -1.83.